The average Bonchev–Trinajstić information content (AvgIpc) is 2.38. The van der Waals surface area contributed by atoms with Crippen molar-refractivity contribution in [1.29, 1.82) is 0 Å². The Morgan fingerprint density at radius 1 is 1.17 bits per heavy atom. The molecule has 2 unspecified atom stereocenters. The molecule has 0 fully saturated rings. The van der Waals surface area contributed by atoms with Crippen LogP contribution in [0.3, 0.4) is 0 Å². The van der Waals surface area contributed by atoms with Crippen molar-refractivity contribution in [2.75, 3.05) is 0 Å². The maximum absolute atomic E-state index is 10.0. The van der Waals surface area contributed by atoms with Gasteiger partial charge in [0.1, 0.15) is 0 Å². The molecule has 2 heteroatoms. The summed E-state index contributed by atoms with van der Waals surface area (Å²) in [4.78, 5) is 4.59. The van der Waals surface area contributed by atoms with E-state index in [-0.39, 0.29) is 6.10 Å². The van der Waals surface area contributed by atoms with Gasteiger partial charge >= 0.3 is 0 Å². The monoisotopic (exact) mass is 243 g/mol. The molecule has 0 saturated heterocycles. The topological polar surface area (TPSA) is 33.1 Å². The molecule has 0 amide bonds. The second-order valence-electron chi connectivity index (χ2n) is 5.10. The van der Waals surface area contributed by atoms with Crippen LogP contribution in [0.4, 0.5) is 0 Å². The summed E-state index contributed by atoms with van der Waals surface area (Å²) in [5.74, 6) is 0.570. The highest BCUT2D eigenvalue weighted by Gasteiger charge is 2.10. The van der Waals surface area contributed by atoms with Crippen molar-refractivity contribution in [1.82, 2.24) is 4.98 Å². The first-order chi connectivity index (χ1) is 8.69. The van der Waals surface area contributed by atoms with E-state index in [9.17, 15) is 5.11 Å². The van der Waals surface area contributed by atoms with Crippen molar-refractivity contribution in [2.24, 2.45) is 5.92 Å². The summed E-state index contributed by atoms with van der Waals surface area (Å²) in [5.41, 5.74) is 1.98. The summed E-state index contributed by atoms with van der Waals surface area (Å²) in [7, 11) is 0. The summed E-state index contributed by atoms with van der Waals surface area (Å²) in [5, 5.41) is 11.2. The van der Waals surface area contributed by atoms with E-state index >= 15 is 0 Å². The van der Waals surface area contributed by atoms with E-state index in [1.54, 1.807) is 0 Å². The Bertz CT molecular complexity index is 509. The van der Waals surface area contributed by atoms with Gasteiger partial charge < -0.3 is 5.11 Å². The van der Waals surface area contributed by atoms with Gasteiger partial charge in [-0.1, -0.05) is 44.5 Å². The molecule has 1 aromatic carbocycles. The van der Waals surface area contributed by atoms with Gasteiger partial charge in [0.05, 0.1) is 11.6 Å². The number of pyridine rings is 1. The number of hydrogen-bond donors (Lipinski definition) is 1. The largest absolute Gasteiger partial charge is 0.393 e. The maximum atomic E-state index is 10.0. The molecule has 2 rings (SSSR count). The molecule has 96 valence electrons. The summed E-state index contributed by atoms with van der Waals surface area (Å²) >= 11 is 0. The Kier molecular flexibility index (Phi) is 4.32. The molecular formula is C16H21NO. The lowest BCUT2D eigenvalue weighted by molar-refractivity contribution is 0.144. The molecule has 0 aliphatic rings. The fourth-order valence-electron chi connectivity index (χ4n) is 2.18. The SMILES string of the molecule is CCC(C)CC(O)Cc1ccc2ccccc2n1. The van der Waals surface area contributed by atoms with Crippen LogP contribution in [-0.2, 0) is 6.42 Å². The molecular weight excluding hydrogens is 222 g/mol. The van der Waals surface area contributed by atoms with E-state index in [1.807, 2.05) is 24.3 Å². The molecule has 0 aliphatic heterocycles. The fraction of sp³-hybridized carbons (Fsp3) is 0.438. The van der Waals surface area contributed by atoms with Crippen molar-refractivity contribution in [2.45, 2.75) is 39.2 Å². The van der Waals surface area contributed by atoms with Crippen LogP contribution < -0.4 is 0 Å². The van der Waals surface area contributed by atoms with Crippen molar-refractivity contribution >= 4 is 10.9 Å². The number of hydrogen-bond acceptors (Lipinski definition) is 2. The highest BCUT2D eigenvalue weighted by Crippen LogP contribution is 2.16. The summed E-state index contributed by atoms with van der Waals surface area (Å²) < 4.78 is 0. The van der Waals surface area contributed by atoms with Crippen LogP contribution in [0.5, 0.6) is 0 Å². The molecule has 0 radical (unpaired) electrons. The maximum Gasteiger partial charge on any atom is 0.0705 e. The number of aliphatic hydroxyl groups is 1. The zero-order valence-corrected chi connectivity index (χ0v) is 11.1. The lowest BCUT2D eigenvalue weighted by atomic mass is 9.98. The quantitative estimate of drug-likeness (QED) is 0.870. The van der Waals surface area contributed by atoms with Crippen molar-refractivity contribution < 1.29 is 5.11 Å². The Balaban J connectivity index is 2.07. The average molecular weight is 243 g/mol. The van der Waals surface area contributed by atoms with E-state index in [1.165, 1.54) is 0 Å². The molecule has 2 aromatic rings. The van der Waals surface area contributed by atoms with Crippen LogP contribution in [0.15, 0.2) is 36.4 Å². The summed E-state index contributed by atoms with van der Waals surface area (Å²) in [6, 6.07) is 12.2. The predicted octanol–water partition coefficient (Wildman–Crippen LogP) is 3.57. The van der Waals surface area contributed by atoms with E-state index < -0.39 is 0 Å². The van der Waals surface area contributed by atoms with Crippen LogP contribution in [0.2, 0.25) is 0 Å². The van der Waals surface area contributed by atoms with Gasteiger partial charge in [0, 0.05) is 17.5 Å². The molecule has 0 saturated carbocycles. The highest BCUT2D eigenvalue weighted by atomic mass is 16.3. The second-order valence-corrected chi connectivity index (χ2v) is 5.10. The van der Waals surface area contributed by atoms with Gasteiger partial charge in [-0.15, -0.1) is 0 Å². The van der Waals surface area contributed by atoms with Gasteiger partial charge in [0.15, 0.2) is 0 Å². The van der Waals surface area contributed by atoms with Gasteiger partial charge in [0.2, 0.25) is 0 Å². The van der Waals surface area contributed by atoms with Gasteiger partial charge in [-0.05, 0) is 24.5 Å². The number of nitrogens with zero attached hydrogens (tertiary/aromatic N) is 1. The summed E-state index contributed by atoms with van der Waals surface area (Å²) in [6.45, 7) is 4.34. The first-order valence-electron chi connectivity index (χ1n) is 6.71. The second kappa shape index (κ2) is 5.96. The minimum atomic E-state index is -0.284. The number of fused-ring (bicyclic) bond motifs is 1. The molecule has 1 aromatic heterocycles. The van der Waals surface area contributed by atoms with Crippen LogP contribution in [0.25, 0.3) is 10.9 Å². The number of para-hydroxylation sites is 1. The molecule has 0 spiro atoms. The van der Waals surface area contributed by atoms with Crippen LogP contribution in [0, 0.1) is 5.92 Å². The van der Waals surface area contributed by atoms with Gasteiger partial charge in [0.25, 0.3) is 0 Å². The predicted molar refractivity (Wildman–Crippen MR) is 75.5 cm³/mol. The van der Waals surface area contributed by atoms with Crippen molar-refractivity contribution in [3.8, 4) is 0 Å². The van der Waals surface area contributed by atoms with Gasteiger partial charge in [-0.2, -0.15) is 0 Å². The molecule has 2 atom stereocenters. The van der Waals surface area contributed by atoms with E-state index in [2.05, 4.69) is 31.0 Å². The summed E-state index contributed by atoms with van der Waals surface area (Å²) in [6.07, 6.45) is 2.33. The minimum absolute atomic E-state index is 0.284. The highest BCUT2D eigenvalue weighted by molar-refractivity contribution is 5.78. The van der Waals surface area contributed by atoms with Crippen LogP contribution in [0.1, 0.15) is 32.4 Å². The van der Waals surface area contributed by atoms with E-state index in [0.29, 0.717) is 12.3 Å². The zero-order valence-electron chi connectivity index (χ0n) is 11.1. The third-order valence-corrected chi connectivity index (χ3v) is 3.47. The normalized spacial score (nSPS) is 14.6. The van der Waals surface area contributed by atoms with E-state index in [0.717, 1.165) is 29.4 Å². The van der Waals surface area contributed by atoms with Gasteiger partial charge in [-0.25, -0.2) is 0 Å². The Morgan fingerprint density at radius 3 is 2.72 bits per heavy atom. The molecule has 18 heavy (non-hydrogen) atoms. The number of aliphatic hydroxyl groups excluding tert-OH is 1. The van der Waals surface area contributed by atoms with Crippen molar-refractivity contribution in [3.05, 3.63) is 42.1 Å². The number of aromatic nitrogens is 1. The molecule has 1 N–H and O–H groups in total. The third-order valence-electron chi connectivity index (χ3n) is 3.47. The first-order valence-corrected chi connectivity index (χ1v) is 6.71. The molecule has 2 nitrogen and oxygen atoms in total. The van der Waals surface area contributed by atoms with Crippen molar-refractivity contribution in [3.63, 3.8) is 0 Å². The smallest absolute Gasteiger partial charge is 0.0705 e. The molecule has 1 heterocycles. The number of rotatable bonds is 5. The van der Waals surface area contributed by atoms with Gasteiger partial charge in [-0.3, -0.25) is 4.98 Å². The fourth-order valence-corrected chi connectivity index (χ4v) is 2.18. The number of benzene rings is 1. The van der Waals surface area contributed by atoms with E-state index in [4.69, 9.17) is 0 Å². The Labute approximate surface area is 109 Å². The third kappa shape index (κ3) is 3.30. The van der Waals surface area contributed by atoms with Crippen LogP contribution >= 0.6 is 0 Å². The molecule has 0 bridgehead atoms. The molecule has 0 aliphatic carbocycles. The lowest BCUT2D eigenvalue weighted by Crippen LogP contribution is -2.15. The standard InChI is InChI=1S/C16H21NO/c1-3-12(2)10-15(18)11-14-9-8-13-6-4-5-7-16(13)17-14/h4-9,12,15,18H,3,10-11H2,1-2H3. The lowest BCUT2D eigenvalue weighted by Gasteiger charge is -2.14. The Hall–Kier alpha value is -1.41. The zero-order chi connectivity index (χ0) is 13.0. The Morgan fingerprint density at radius 2 is 1.94 bits per heavy atom. The first kappa shape index (κ1) is 13.0. The minimum Gasteiger partial charge on any atom is -0.393 e. The van der Waals surface area contributed by atoms with Crippen LogP contribution in [-0.4, -0.2) is 16.2 Å².